The molecule has 4 rings (SSSR count). The third-order valence-electron chi connectivity index (χ3n) is 5.14. The van der Waals surface area contributed by atoms with Crippen molar-refractivity contribution in [3.8, 4) is 5.75 Å². The number of rotatable bonds is 5. The van der Waals surface area contributed by atoms with Crippen molar-refractivity contribution in [2.45, 2.75) is 32.4 Å². The summed E-state index contributed by atoms with van der Waals surface area (Å²) in [5.41, 5.74) is 1.35. The first-order valence-electron chi connectivity index (χ1n) is 9.87. The molecule has 7 nitrogen and oxygen atoms in total. The molecule has 0 aliphatic carbocycles. The number of carbonyl (C=O) groups is 1. The van der Waals surface area contributed by atoms with Crippen LogP contribution in [-0.2, 0) is 4.79 Å². The number of H-pyrrole nitrogens is 1. The molecule has 3 aromatic rings. The first-order chi connectivity index (χ1) is 14.1. The van der Waals surface area contributed by atoms with Crippen LogP contribution in [0.2, 0.25) is 0 Å². The molecule has 0 unspecified atom stereocenters. The molecule has 1 aliphatic heterocycles. The van der Waals surface area contributed by atoms with E-state index in [9.17, 15) is 9.59 Å². The number of ether oxygens (including phenoxy) is 1. The first kappa shape index (κ1) is 19.0. The molecule has 29 heavy (non-hydrogen) atoms. The van der Waals surface area contributed by atoms with Gasteiger partial charge in [-0.1, -0.05) is 31.2 Å². The lowest BCUT2D eigenvalue weighted by Gasteiger charge is -2.38. The van der Waals surface area contributed by atoms with Gasteiger partial charge in [0, 0.05) is 6.54 Å². The topological polar surface area (TPSA) is 87.3 Å². The van der Waals surface area contributed by atoms with Crippen LogP contribution in [-0.4, -0.2) is 35.1 Å². The molecule has 0 saturated carbocycles. The Hall–Kier alpha value is -3.35. The van der Waals surface area contributed by atoms with Crippen LogP contribution < -0.4 is 20.5 Å². The summed E-state index contributed by atoms with van der Waals surface area (Å²) in [5.74, 6) is 1.06. The highest BCUT2D eigenvalue weighted by Crippen LogP contribution is 2.37. The van der Waals surface area contributed by atoms with Crippen LogP contribution in [0.5, 0.6) is 5.75 Å². The van der Waals surface area contributed by atoms with Gasteiger partial charge in [-0.15, -0.1) is 0 Å². The normalized spacial score (nSPS) is 16.8. The maximum Gasteiger partial charge on any atom is 0.262 e. The maximum atomic E-state index is 12.6. The minimum absolute atomic E-state index is 0.140. The van der Waals surface area contributed by atoms with Crippen LogP contribution in [0.4, 0.5) is 5.69 Å². The van der Waals surface area contributed by atoms with Gasteiger partial charge in [-0.05, 0) is 37.6 Å². The maximum absolute atomic E-state index is 12.6. The Kier molecular flexibility index (Phi) is 5.20. The van der Waals surface area contributed by atoms with E-state index in [2.05, 4.69) is 20.2 Å². The molecule has 2 heterocycles. The molecule has 1 aliphatic rings. The fraction of sp³-hybridized carbons (Fsp3) is 0.318. The third kappa shape index (κ3) is 3.68. The van der Waals surface area contributed by atoms with Crippen molar-refractivity contribution in [1.29, 1.82) is 0 Å². The molecule has 7 heteroatoms. The molecular weight excluding hydrogens is 368 g/mol. The molecule has 150 valence electrons. The second-order valence-corrected chi connectivity index (χ2v) is 7.16. The second kappa shape index (κ2) is 7.95. The zero-order valence-corrected chi connectivity index (χ0v) is 16.5. The number of anilines is 1. The Morgan fingerprint density at radius 1 is 1.28 bits per heavy atom. The van der Waals surface area contributed by atoms with E-state index < -0.39 is 6.10 Å². The Balaban J connectivity index is 1.70. The van der Waals surface area contributed by atoms with E-state index in [0.717, 1.165) is 12.1 Å². The molecule has 0 bridgehead atoms. The Morgan fingerprint density at radius 3 is 2.86 bits per heavy atom. The van der Waals surface area contributed by atoms with E-state index in [-0.39, 0.29) is 17.5 Å². The number of fused-ring (bicyclic) bond motifs is 2. The summed E-state index contributed by atoms with van der Waals surface area (Å²) in [6.07, 6.45) is 0.225. The number of nitrogens with zero attached hydrogens (tertiary/aromatic N) is 2. The number of nitrogens with one attached hydrogen (secondary N) is 2. The monoisotopic (exact) mass is 392 g/mol. The molecule has 0 saturated heterocycles. The zero-order valence-electron chi connectivity index (χ0n) is 16.5. The van der Waals surface area contributed by atoms with Crippen LogP contribution >= 0.6 is 0 Å². The lowest BCUT2D eigenvalue weighted by atomic mass is 10.1. The SMILES string of the molecule is CCCNC(=O)[C@H]1CN([C@@H](C)c2nc3ccccc3c(=O)[nH]2)c2ccccc2O1. The largest absolute Gasteiger partial charge is 0.477 e. The van der Waals surface area contributed by atoms with E-state index >= 15 is 0 Å². The average molecular weight is 392 g/mol. The van der Waals surface area contributed by atoms with Crippen molar-refractivity contribution in [2.75, 3.05) is 18.0 Å². The van der Waals surface area contributed by atoms with Crippen LogP contribution in [0.25, 0.3) is 10.9 Å². The van der Waals surface area contributed by atoms with Crippen molar-refractivity contribution in [2.24, 2.45) is 0 Å². The lowest BCUT2D eigenvalue weighted by molar-refractivity contribution is -0.127. The number of amides is 1. The molecule has 2 N–H and O–H groups in total. The van der Waals surface area contributed by atoms with E-state index in [4.69, 9.17) is 4.74 Å². The quantitative estimate of drug-likeness (QED) is 0.697. The van der Waals surface area contributed by atoms with Gasteiger partial charge in [-0.2, -0.15) is 0 Å². The second-order valence-electron chi connectivity index (χ2n) is 7.16. The number of hydrogen-bond donors (Lipinski definition) is 2. The van der Waals surface area contributed by atoms with Gasteiger partial charge in [-0.3, -0.25) is 9.59 Å². The Labute approximate surface area is 168 Å². The highest BCUT2D eigenvalue weighted by molar-refractivity contribution is 5.83. The lowest BCUT2D eigenvalue weighted by Crippen LogP contribution is -2.50. The van der Waals surface area contributed by atoms with E-state index in [1.165, 1.54) is 0 Å². The molecule has 0 fully saturated rings. The van der Waals surface area contributed by atoms with E-state index in [1.807, 2.05) is 56.3 Å². The van der Waals surface area contributed by atoms with Crippen LogP contribution in [0.3, 0.4) is 0 Å². The molecule has 2 aromatic carbocycles. The third-order valence-corrected chi connectivity index (χ3v) is 5.14. The van der Waals surface area contributed by atoms with Crippen LogP contribution in [0, 0.1) is 0 Å². The number of aromatic nitrogens is 2. The van der Waals surface area contributed by atoms with Gasteiger partial charge in [0.25, 0.3) is 11.5 Å². The molecule has 0 spiro atoms. The summed E-state index contributed by atoms with van der Waals surface area (Å²) >= 11 is 0. The predicted octanol–water partition coefficient (Wildman–Crippen LogP) is 2.78. The van der Waals surface area contributed by atoms with Crippen LogP contribution in [0.1, 0.15) is 32.1 Å². The average Bonchev–Trinajstić information content (AvgIpc) is 2.76. The van der Waals surface area contributed by atoms with Crippen molar-refractivity contribution >= 4 is 22.5 Å². The summed E-state index contributed by atoms with van der Waals surface area (Å²) in [6.45, 7) is 4.95. The van der Waals surface area contributed by atoms with Gasteiger partial charge in [0.05, 0.1) is 29.2 Å². The summed E-state index contributed by atoms with van der Waals surface area (Å²) in [7, 11) is 0. The highest BCUT2D eigenvalue weighted by Gasteiger charge is 2.34. The van der Waals surface area contributed by atoms with E-state index in [0.29, 0.717) is 35.6 Å². The number of aromatic amines is 1. The number of para-hydroxylation sites is 3. The molecule has 1 amide bonds. The molecular formula is C22H24N4O3. The van der Waals surface area contributed by atoms with Crippen molar-refractivity contribution < 1.29 is 9.53 Å². The number of carbonyl (C=O) groups excluding carboxylic acids is 1. The standard InChI is InChI=1S/C22H24N4O3/c1-3-12-23-22(28)19-13-26(17-10-6-7-11-18(17)29-19)14(2)20-24-16-9-5-4-8-15(16)21(27)25-20/h4-11,14,19H,3,12-13H2,1-2H3,(H,23,28)(H,24,25,27)/t14-,19+/m0/s1. The van der Waals surface area contributed by atoms with Gasteiger partial charge in [0.15, 0.2) is 6.10 Å². The van der Waals surface area contributed by atoms with Gasteiger partial charge in [-0.25, -0.2) is 4.98 Å². The zero-order chi connectivity index (χ0) is 20.4. The first-order valence-corrected chi connectivity index (χ1v) is 9.87. The summed E-state index contributed by atoms with van der Waals surface area (Å²) in [4.78, 5) is 34.7. The molecule has 0 radical (unpaired) electrons. The molecule has 2 atom stereocenters. The Morgan fingerprint density at radius 2 is 2.03 bits per heavy atom. The minimum Gasteiger partial charge on any atom is -0.477 e. The van der Waals surface area contributed by atoms with Gasteiger partial charge in [0.2, 0.25) is 0 Å². The summed E-state index contributed by atoms with van der Waals surface area (Å²) in [5, 5.41) is 3.46. The fourth-order valence-corrected chi connectivity index (χ4v) is 3.58. The summed E-state index contributed by atoms with van der Waals surface area (Å²) < 4.78 is 5.95. The number of benzene rings is 2. The van der Waals surface area contributed by atoms with E-state index in [1.54, 1.807) is 6.07 Å². The van der Waals surface area contributed by atoms with Crippen molar-refractivity contribution in [1.82, 2.24) is 15.3 Å². The van der Waals surface area contributed by atoms with Crippen LogP contribution in [0.15, 0.2) is 53.3 Å². The van der Waals surface area contributed by atoms with Crippen molar-refractivity contribution in [3.63, 3.8) is 0 Å². The number of hydrogen-bond acceptors (Lipinski definition) is 5. The summed E-state index contributed by atoms with van der Waals surface area (Å²) in [6, 6.07) is 14.6. The molecule has 1 aromatic heterocycles. The highest BCUT2D eigenvalue weighted by atomic mass is 16.5. The minimum atomic E-state index is -0.633. The van der Waals surface area contributed by atoms with Gasteiger partial charge in [0.1, 0.15) is 11.6 Å². The van der Waals surface area contributed by atoms with Gasteiger partial charge >= 0.3 is 0 Å². The smallest absolute Gasteiger partial charge is 0.262 e. The van der Waals surface area contributed by atoms with Crippen molar-refractivity contribution in [3.05, 3.63) is 64.7 Å². The van der Waals surface area contributed by atoms with Gasteiger partial charge < -0.3 is 19.9 Å². The predicted molar refractivity (Wildman–Crippen MR) is 112 cm³/mol. The Bertz CT molecular complexity index is 1090. The fourth-order valence-electron chi connectivity index (χ4n) is 3.58.